The van der Waals surface area contributed by atoms with Crippen molar-refractivity contribution in [3.8, 4) is 0 Å². The summed E-state index contributed by atoms with van der Waals surface area (Å²) in [5.74, 6) is 0.00150. The van der Waals surface area contributed by atoms with Gasteiger partial charge in [-0.25, -0.2) is 4.98 Å². The van der Waals surface area contributed by atoms with Crippen molar-refractivity contribution >= 4 is 45.0 Å². The second-order valence-corrected chi connectivity index (χ2v) is 7.79. The van der Waals surface area contributed by atoms with Gasteiger partial charge in [-0.2, -0.15) is 0 Å². The molecule has 0 aliphatic heterocycles. The minimum Gasteiger partial charge on any atom is -0.308 e. The van der Waals surface area contributed by atoms with Crippen molar-refractivity contribution in [3.05, 3.63) is 59.2 Å². The normalized spacial score (nSPS) is 10.9. The second kappa shape index (κ2) is 9.31. The number of amides is 1. The zero-order chi connectivity index (χ0) is 18.7. The van der Waals surface area contributed by atoms with E-state index >= 15 is 0 Å². The van der Waals surface area contributed by atoms with Crippen LogP contribution in [0.5, 0.6) is 0 Å². The Kier molecular flexibility index (Phi) is 7.36. The van der Waals surface area contributed by atoms with E-state index in [4.69, 9.17) is 4.98 Å². The fourth-order valence-electron chi connectivity index (χ4n) is 2.73. The zero-order valence-corrected chi connectivity index (χ0v) is 17.9. The third kappa shape index (κ3) is 5.06. The molecule has 0 fully saturated rings. The lowest BCUT2D eigenvalue weighted by Gasteiger charge is -2.22. The predicted molar refractivity (Wildman–Crippen MR) is 118 cm³/mol. The second-order valence-electron chi connectivity index (χ2n) is 6.78. The summed E-state index contributed by atoms with van der Waals surface area (Å²) >= 11 is 1.59. The van der Waals surface area contributed by atoms with Gasteiger partial charge in [-0.05, 0) is 57.3 Å². The molecule has 1 aromatic heterocycles. The highest BCUT2D eigenvalue weighted by atomic mass is 35.5. The first-order valence-electron chi connectivity index (χ1n) is 8.90. The molecular weight excluding hydrogens is 378 g/mol. The highest BCUT2D eigenvalue weighted by Gasteiger charge is 2.21. The molecule has 0 aliphatic carbocycles. The summed E-state index contributed by atoms with van der Waals surface area (Å²) in [4.78, 5) is 21.8. The van der Waals surface area contributed by atoms with Crippen molar-refractivity contribution in [2.45, 2.75) is 20.3 Å². The van der Waals surface area contributed by atoms with Gasteiger partial charge in [-0.15, -0.1) is 12.4 Å². The molecule has 0 radical (unpaired) electrons. The number of likely N-dealkylation sites (N-methyl/N-ethyl adjacent to an activating group) is 1. The Labute approximate surface area is 171 Å². The number of nitrogens with zero attached hydrogens (tertiary/aromatic N) is 3. The van der Waals surface area contributed by atoms with Crippen LogP contribution in [-0.4, -0.2) is 43.0 Å². The van der Waals surface area contributed by atoms with Crippen LogP contribution in [0.25, 0.3) is 10.2 Å². The number of anilines is 1. The molecule has 144 valence electrons. The Balaban J connectivity index is 0.00000261. The SMILES string of the molecule is CCc1ccc2nc(N(CCN(C)C)C(=O)c3ccc(C)cc3)sc2c1.Cl. The Bertz CT molecular complexity index is 905. The number of halogens is 1. The van der Waals surface area contributed by atoms with Gasteiger partial charge in [0.15, 0.2) is 5.13 Å². The van der Waals surface area contributed by atoms with E-state index < -0.39 is 0 Å². The summed E-state index contributed by atoms with van der Waals surface area (Å²) in [5.41, 5.74) is 4.09. The average molecular weight is 404 g/mol. The minimum absolute atomic E-state index is 0. The Hall–Kier alpha value is -1.95. The Morgan fingerprint density at radius 3 is 2.41 bits per heavy atom. The molecule has 0 aliphatic rings. The first-order valence-corrected chi connectivity index (χ1v) is 9.72. The lowest BCUT2D eigenvalue weighted by atomic mass is 10.1. The molecule has 0 saturated carbocycles. The molecule has 4 nitrogen and oxygen atoms in total. The molecule has 0 atom stereocenters. The lowest BCUT2D eigenvalue weighted by Crippen LogP contribution is -2.36. The molecule has 1 amide bonds. The van der Waals surface area contributed by atoms with Gasteiger partial charge in [0.2, 0.25) is 0 Å². The number of aromatic nitrogens is 1. The molecule has 0 saturated heterocycles. The first-order chi connectivity index (χ1) is 12.5. The topological polar surface area (TPSA) is 36.4 Å². The number of carbonyl (C=O) groups excluding carboxylic acids is 1. The van der Waals surface area contributed by atoms with E-state index in [1.807, 2.05) is 45.3 Å². The van der Waals surface area contributed by atoms with Crippen LogP contribution in [0.1, 0.15) is 28.4 Å². The lowest BCUT2D eigenvalue weighted by molar-refractivity contribution is 0.0985. The monoisotopic (exact) mass is 403 g/mol. The number of carbonyl (C=O) groups is 1. The fourth-order valence-corrected chi connectivity index (χ4v) is 3.78. The van der Waals surface area contributed by atoms with E-state index in [9.17, 15) is 4.79 Å². The molecule has 2 aromatic carbocycles. The molecule has 0 unspecified atom stereocenters. The molecule has 27 heavy (non-hydrogen) atoms. The standard InChI is InChI=1S/C21H25N3OS.ClH/c1-5-16-8-11-18-19(14-16)26-21(22-18)24(13-12-23(3)4)20(25)17-9-6-15(2)7-10-17;/h6-11,14H,5,12-13H2,1-4H3;1H. The van der Waals surface area contributed by atoms with Crippen LogP contribution >= 0.6 is 23.7 Å². The van der Waals surface area contributed by atoms with Crippen LogP contribution in [0.2, 0.25) is 0 Å². The van der Waals surface area contributed by atoms with Crippen LogP contribution in [-0.2, 0) is 6.42 Å². The predicted octanol–water partition coefficient (Wildman–Crippen LogP) is 4.80. The summed E-state index contributed by atoms with van der Waals surface area (Å²) in [5, 5.41) is 0.765. The van der Waals surface area contributed by atoms with Gasteiger partial charge in [0.1, 0.15) is 0 Å². The van der Waals surface area contributed by atoms with Crippen LogP contribution in [0.4, 0.5) is 5.13 Å². The summed E-state index contributed by atoms with van der Waals surface area (Å²) < 4.78 is 1.13. The molecule has 0 N–H and O–H groups in total. The number of fused-ring (bicyclic) bond motifs is 1. The molecule has 1 heterocycles. The van der Waals surface area contributed by atoms with Crippen molar-refractivity contribution in [2.75, 3.05) is 32.1 Å². The molecular formula is C21H26ClN3OS. The molecule has 0 spiro atoms. The van der Waals surface area contributed by atoms with Gasteiger partial charge in [0.25, 0.3) is 5.91 Å². The van der Waals surface area contributed by atoms with Crippen LogP contribution in [0.3, 0.4) is 0 Å². The Morgan fingerprint density at radius 2 is 1.78 bits per heavy atom. The van der Waals surface area contributed by atoms with Crippen molar-refractivity contribution in [1.29, 1.82) is 0 Å². The number of rotatable bonds is 6. The molecule has 6 heteroatoms. The number of benzene rings is 2. The summed E-state index contributed by atoms with van der Waals surface area (Å²) in [6, 6.07) is 14.1. The van der Waals surface area contributed by atoms with Gasteiger partial charge < -0.3 is 4.90 Å². The number of thiazole rings is 1. The van der Waals surface area contributed by atoms with Crippen molar-refractivity contribution in [1.82, 2.24) is 9.88 Å². The third-order valence-corrected chi connectivity index (χ3v) is 5.44. The van der Waals surface area contributed by atoms with Gasteiger partial charge >= 0.3 is 0 Å². The van der Waals surface area contributed by atoms with E-state index in [0.29, 0.717) is 12.1 Å². The quantitative estimate of drug-likeness (QED) is 0.593. The van der Waals surface area contributed by atoms with E-state index in [-0.39, 0.29) is 18.3 Å². The minimum atomic E-state index is 0. The maximum atomic E-state index is 13.1. The third-order valence-electron chi connectivity index (χ3n) is 4.40. The van der Waals surface area contributed by atoms with Crippen LogP contribution in [0.15, 0.2) is 42.5 Å². The van der Waals surface area contributed by atoms with Gasteiger partial charge in [0, 0.05) is 18.7 Å². The van der Waals surface area contributed by atoms with E-state index in [0.717, 1.165) is 33.9 Å². The van der Waals surface area contributed by atoms with Crippen molar-refractivity contribution in [2.24, 2.45) is 0 Å². The first kappa shape index (κ1) is 21.4. The number of hydrogen-bond acceptors (Lipinski definition) is 4. The van der Waals surface area contributed by atoms with Gasteiger partial charge in [-0.3, -0.25) is 9.69 Å². The van der Waals surface area contributed by atoms with Crippen molar-refractivity contribution < 1.29 is 4.79 Å². The van der Waals surface area contributed by atoms with Crippen molar-refractivity contribution in [3.63, 3.8) is 0 Å². The summed E-state index contributed by atoms with van der Waals surface area (Å²) in [7, 11) is 4.03. The molecule has 0 bridgehead atoms. The zero-order valence-electron chi connectivity index (χ0n) is 16.2. The van der Waals surface area contributed by atoms with Gasteiger partial charge in [-0.1, -0.05) is 42.0 Å². The number of hydrogen-bond donors (Lipinski definition) is 0. The van der Waals surface area contributed by atoms with Gasteiger partial charge in [0.05, 0.1) is 10.2 Å². The number of aryl methyl sites for hydroxylation is 2. The maximum absolute atomic E-state index is 13.1. The largest absolute Gasteiger partial charge is 0.308 e. The molecule has 3 rings (SSSR count). The maximum Gasteiger partial charge on any atom is 0.260 e. The molecule has 3 aromatic rings. The average Bonchev–Trinajstić information content (AvgIpc) is 3.04. The highest BCUT2D eigenvalue weighted by Crippen LogP contribution is 2.30. The smallest absolute Gasteiger partial charge is 0.260 e. The van der Waals surface area contributed by atoms with Crippen LogP contribution in [0, 0.1) is 6.92 Å². The van der Waals surface area contributed by atoms with E-state index in [2.05, 4.69) is 30.0 Å². The Morgan fingerprint density at radius 1 is 1.07 bits per heavy atom. The highest BCUT2D eigenvalue weighted by molar-refractivity contribution is 7.22. The van der Waals surface area contributed by atoms with Crippen LogP contribution < -0.4 is 4.90 Å². The summed E-state index contributed by atoms with van der Waals surface area (Å²) in [6.07, 6.45) is 0.996. The fraction of sp³-hybridized carbons (Fsp3) is 0.333. The summed E-state index contributed by atoms with van der Waals surface area (Å²) in [6.45, 7) is 5.57. The van der Waals surface area contributed by atoms with E-state index in [1.54, 1.807) is 16.2 Å². The van der Waals surface area contributed by atoms with E-state index in [1.165, 1.54) is 5.56 Å².